The van der Waals surface area contributed by atoms with Crippen LogP contribution in [0.5, 0.6) is 5.75 Å². The average molecular weight is 289 g/mol. The number of hydrogen-bond donors (Lipinski definition) is 1. The molecule has 0 radical (unpaired) electrons. The van der Waals surface area contributed by atoms with Crippen LogP contribution in [-0.4, -0.2) is 25.3 Å². The van der Waals surface area contributed by atoms with Crippen LogP contribution >= 0.6 is 0 Å². The third kappa shape index (κ3) is 1.85. The van der Waals surface area contributed by atoms with Crippen molar-refractivity contribution in [3.8, 4) is 5.75 Å². The van der Waals surface area contributed by atoms with Crippen molar-refractivity contribution in [2.75, 3.05) is 10.8 Å². The Bertz CT molecular complexity index is 798. The predicted octanol–water partition coefficient (Wildman–Crippen LogP) is 1.78. The summed E-state index contributed by atoms with van der Waals surface area (Å²) in [5.74, 6) is -1.10. The molecule has 2 aromatic carbocycles. The number of aromatic hydroxyl groups is 1. The van der Waals surface area contributed by atoms with E-state index >= 15 is 0 Å². The van der Waals surface area contributed by atoms with Gasteiger partial charge in [-0.1, -0.05) is 24.3 Å². The van der Waals surface area contributed by atoms with Gasteiger partial charge in [0.05, 0.1) is 16.1 Å². The number of benzene rings is 2. The molecule has 1 aliphatic heterocycles. The lowest BCUT2D eigenvalue weighted by atomic mass is 10.1. The SMILES string of the molecule is O=C(c1ccccc1O)N1CS(=O)(=O)c2ccccc21. The number of phenolic OH excluding ortho intramolecular Hbond substituents is 1. The van der Waals surface area contributed by atoms with Crippen molar-refractivity contribution in [2.24, 2.45) is 0 Å². The summed E-state index contributed by atoms with van der Waals surface area (Å²) >= 11 is 0. The van der Waals surface area contributed by atoms with Crippen molar-refractivity contribution in [1.29, 1.82) is 0 Å². The molecule has 0 aliphatic carbocycles. The normalized spacial score (nSPS) is 15.9. The van der Waals surface area contributed by atoms with E-state index in [-0.39, 0.29) is 16.2 Å². The van der Waals surface area contributed by atoms with E-state index in [4.69, 9.17) is 0 Å². The molecule has 0 unspecified atom stereocenters. The molecular weight excluding hydrogens is 278 g/mol. The van der Waals surface area contributed by atoms with Gasteiger partial charge in [0, 0.05) is 0 Å². The number of nitrogens with zero attached hydrogens (tertiary/aromatic N) is 1. The van der Waals surface area contributed by atoms with Crippen LogP contribution in [0.15, 0.2) is 53.4 Å². The quantitative estimate of drug-likeness (QED) is 0.868. The van der Waals surface area contributed by atoms with Crippen LogP contribution in [0.3, 0.4) is 0 Å². The van der Waals surface area contributed by atoms with E-state index in [0.29, 0.717) is 5.69 Å². The number of fused-ring (bicyclic) bond motifs is 1. The van der Waals surface area contributed by atoms with Gasteiger partial charge in [-0.3, -0.25) is 9.69 Å². The van der Waals surface area contributed by atoms with Crippen LogP contribution in [0.1, 0.15) is 10.4 Å². The Hall–Kier alpha value is -2.34. The van der Waals surface area contributed by atoms with Crippen molar-refractivity contribution < 1.29 is 18.3 Å². The summed E-state index contributed by atoms with van der Waals surface area (Å²) in [6.45, 7) is 0. The monoisotopic (exact) mass is 289 g/mol. The Morgan fingerprint density at radius 2 is 1.70 bits per heavy atom. The number of hydrogen-bond acceptors (Lipinski definition) is 4. The number of anilines is 1. The fourth-order valence-corrected chi connectivity index (χ4v) is 3.74. The Morgan fingerprint density at radius 1 is 1.05 bits per heavy atom. The van der Waals surface area contributed by atoms with Gasteiger partial charge in [-0.15, -0.1) is 0 Å². The largest absolute Gasteiger partial charge is 0.507 e. The fourth-order valence-electron chi connectivity index (χ4n) is 2.22. The van der Waals surface area contributed by atoms with Crippen molar-refractivity contribution in [3.63, 3.8) is 0 Å². The number of carbonyl (C=O) groups is 1. The summed E-state index contributed by atoms with van der Waals surface area (Å²) in [6.07, 6.45) is 0. The molecule has 0 bridgehead atoms. The molecule has 0 saturated heterocycles. The Morgan fingerprint density at radius 3 is 2.45 bits per heavy atom. The van der Waals surface area contributed by atoms with Gasteiger partial charge >= 0.3 is 0 Å². The Labute approximate surface area is 116 Å². The molecule has 0 aromatic heterocycles. The Kier molecular flexibility index (Phi) is 2.76. The molecule has 0 fully saturated rings. The molecule has 1 N–H and O–H groups in total. The van der Waals surface area contributed by atoms with Gasteiger partial charge in [0.15, 0.2) is 9.84 Å². The fraction of sp³-hybridized carbons (Fsp3) is 0.0714. The molecule has 20 heavy (non-hydrogen) atoms. The van der Waals surface area contributed by atoms with E-state index < -0.39 is 21.6 Å². The minimum Gasteiger partial charge on any atom is -0.507 e. The highest BCUT2D eigenvalue weighted by Crippen LogP contribution is 2.35. The van der Waals surface area contributed by atoms with E-state index in [1.54, 1.807) is 30.3 Å². The zero-order valence-electron chi connectivity index (χ0n) is 10.4. The molecule has 1 heterocycles. The van der Waals surface area contributed by atoms with Gasteiger partial charge in [-0.05, 0) is 24.3 Å². The van der Waals surface area contributed by atoms with Gasteiger partial charge in [0.1, 0.15) is 11.6 Å². The first-order valence-electron chi connectivity index (χ1n) is 5.92. The van der Waals surface area contributed by atoms with Gasteiger partial charge < -0.3 is 5.11 Å². The van der Waals surface area contributed by atoms with E-state index in [1.807, 2.05) is 0 Å². The minimum absolute atomic E-state index is 0.0828. The lowest BCUT2D eigenvalue weighted by Gasteiger charge is -2.16. The third-order valence-corrected chi connectivity index (χ3v) is 4.78. The smallest absolute Gasteiger partial charge is 0.263 e. The van der Waals surface area contributed by atoms with Gasteiger partial charge in [0.2, 0.25) is 0 Å². The average Bonchev–Trinajstić information content (AvgIpc) is 2.71. The van der Waals surface area contributed by atoms with Gasteiger partial charge in [-0.25, -0.2) is 8.42 Å². The molecule has 1 amide bonds. The molecule has 0 saturated carbocycles. The first-order chi connectivity index (χ1) is 9.50. The lowest BCUT2D eigenvalue weighted by Crippen LogP contribution is -2.30. The lowest BCUT2D eigenvalue weighted by molar-refractivity contribution is 0.0989. The topological polar surface area (TPSA) is 74.7 Å². The molecule has 2 aromatic rings. The molecule has 102 valence electrons. The number of amides is 1. The van der Waals surface area contributed by atoms with Crippen LogP contribution in [0.2, 0.25) is 0 Å². The second-order valence-corrected chi connectivity index (χ2v) is 6.39. The van der Waals surface area contributed by atoms with Crippen LogP contribution in [-0.2, 0) is 9.84 Å². The first-order valence-corrected chi connectivity index (χ1v) is 7.57. The molecule has 3 rings (SSSR count). The molecule has 6 heteroatoms. The second kappa shape index (κ2) is 4.35. The first kappa shape index (κ1) is 12.7. The number of phenols is 1. The summed E-state index contributed by atoms with van der Waals surface area (Å²) in [5, 5.41) is 9.72. The van der Waals surface area contributed by atoms with E-state index in [1.165, 1.54) is 23.1 Å². The standard InChI is InChI=1S/C14H11NO4S/c16-12-7-3-1-5-10(12)14(17)15-9-20(18,19)13-8-4-2-6-11(13)15/h1-8,16H,9H2. The molecule has 0 spiro atoms. The zero-order chi connectivity index (χ0) is 14.3. The summed E-state index contributed by atoms with van der Waals surface area (Å²) in [5.41, 5.74) is 0.431. The van der Waals surface area contributed by atoms with Gasteiger partial charge in [-0.2, -0.15) is 0 Å². The Balaban J connectivity index is 2.10. The minimum atomic E-state index is -3.50. The van der Waals surface area contributed by atoms with Crippen molar-refractivity contribution in [1.82, 2.24) is 0 Å². The molecule has 5 nitrogen and oxygen atoms in total. The maximum atomic E-state index is 12.4. The number of rotatable bonds is 1. The van der Waals surface area contributed by atoms with Crippen molar-refractivity contribution in [3.05, 3.63) is 54.1 Å². The maximum Gasteiger partial charge on any atom is 0.263 e. The van der Waals surface area contributed by atoms with Crippen LogP contribution in [0, 0.1) is 0 Å². The van der Waals surface area contributed by atoms with Crippen LogP contribution in [0.25, 0.3) is 0 Å². The van der Waals surface area contributed by atoms with Crippen molar-refractivity contribution >= 4 is 21.4 Å². The maximum absolute atomic E-state index is 12.4. The highest BCUT2D eigenvalue weighted by molar-refractivity contribution is 7.92. The number of para-hydroxylation sites is 2. The predicted molar refractivity (Wildman–Crippen MR) is 73.4 cm³/mol. The van der Waals surface area contributed by atoms with E-state index in [9.17, 15) is 18.3 Å². The van der Waals surface area contributed by atoms with Crippen LogP contribution < -0.4 is 4.90 Å². The number of sulfone groups is 1. The third-order valence-electron chi connectivity index (χ3n) is 3.17. The zero-order valence-corrected chi connectivity index (χ0v) is 11.2. The van der Waals surface area contributed by atoms with E-state index in [0.717, 1.165) is 0 Å². The molecule has 0 atom stereocenters. The van der Waals surface area contributed by atoms with Crippen molar-refractivity contribution in [2.45, 2.75) is 4.90 Å². The summed E-state index contributed by atoms with van der Waals surface area (Å²) in [6, 6.07) is 12.4. The highest BCUT2D eigenvalue weighted by atomic mass is 32.2. The second-order valence-electron chi connectivity index (χ2n) is 4.46. The summed E-state index contributed by atoms with van der Waals surface area (Å²) in [4.78, 5) is 13.7. The molecular formula is C14H11NO4S. The van der Waals surface area contributed by atoms with Crippen LogP contribution in [0.4, 0.5) is 5.69 Å². The summed E-state index contributed by atoms with van der Waals surface area (Å²) < 4.78 is 24.1. The van der Waals surface area contributed by atoms with Gasteiger partial charge in [0.25, 0.3) is 5.91 Å². The van der Waals surface area contributed by atoms with E-state index in [2.05, 4.69) is 0 Å². The highest BCUT2D eigenvalue weighted by Gasteiger charge is 2.36. The number of carbonyl (C=O) groups excluding carboxylic acids is 1. The summed E-state index contributed by atoms with van der Waals surface area (Å²) in [7, 11) is -3.50. The molecule has 1 aliphatic rings.